The molecule has 0 aliphatic carbocycles. The molecular weight excluding hydrogens is 198 g/mol. The standard InChI is InChI=1S/C9H15N3OS/c1-7(2)12-9(13)10-4-3-8-5-14-6-11-8/h5-7H,3-4H2,1-2H3,(H2,10,12,13). The van der Waals surface area contributed by atoms with Crippen LogP contribution in [0, 0.1) is 0 Å². The van der Waals surface area contributed by atoms with Crippen molar-refractivity contribution in [2.75, 3.05) is 6.54 Å². The number of nitrogens with one attached hydrogen (secondary N) is 2. The number of hydrogen-bond acceptors (Lipinski definition) is 3. The summed E-state index contributed by atoms with van der Waals surface area (Å²) in [5.41, 5.74) is 2.82. The van der Waals surface area contributed by atoms with Gasteiger partial charge in [0.05, 0.1) is 11.2 Å². The van der Waals surface area contributed by atoms with Crippen LogP contribution in [0.4, 0.5) is 4.79 Å². The molecule has 1 rings (SSSR count). The number of rotatable bonds is 4. The minimum atomic E-state index is -0.116. The largest absolute Gasteiger partial charge is 0.338 e. The normalized spacial score (nSPS) is 10.2. The van der Waals surface area contributed by atoms with Crippen molar-refractivity contribution in [3.63, 3.8) is 0 Å². The summed E-state index contributed by atoms with van der Waals surface area (Å²) >= 11 is 1.57. The van der Waals surface area contributed by atoms with Crippen LogP contribution in [-0.2, 0) is 6.42 Å². The molecule has 0 aliphatic rings. The van der Waals surface area contributed by atoms with Crippen molar-refractivity contribution < 1.29 is 4.79 Å². The van der Waals surface area contributed by atoms with Gasteiger partial charge in [-0.1, -0.05) is 0 Å². The van der Waals surface area contributed by atoms with Crippen LogP contribution in [-0.4, -0.2) is 23.6 Å². The van der Waals surface area contributed by atoms with Crippen LogP contribution in [0.3, 0.4) is 0 Å². The molecule has 78 valence electrons. The summed E-state index contributed by atoms with van der Waals surface area (Å²) in [5.74, 6) is 0. The highest BCUT2D eigenvalue weighted by Crippen LogP contribution is 2.00. The van der Waals surface area contributed by atoms with E-state index in [1.165, 1.54) is 0 Å². The fourth-order valence-electron chi connectivity index (χ4n) is 0.978. The predicted octanol–water partition coefficient (Wildman–Crippen LogP) is 1.39. The first kappa shape index (κ1) is 11.0. The smallest absolute Gasteiger partial charge is 0.314 e. The third kappa shape index (κ3) is 4.23. The Morgan fingerprint density at radius 1 is 1.64 bits per heavy atom. The lowest BCUT2D eigenvalue weighted by Gasteiger charge is -2.09. The summed E-state index contributed by atoms with van der Waals surface area (Å²) in [4.78, 5) is 15.3. The second-order valence-corrected chi connectivity index (χ2v) is 4.00. The summed E-state index contributed by atoms with van der Waals surface area (Å²) in [6.45, 7) is 4.49. The molecule has 0 aromatic carbocycles. The van der Waals surface area contributed by atoms with Crippen molar-refractivity contribution in [1.82, 2.24) is 15.6 Å². The van der Waals surface area contributed by atoms with E-state index < -0.39 is 0 Å². The van der Waals surface area contributed by atoms with Crippen LogP contribution in [0.1, 0.15) is 19.5 Å². The summed E-state index contributed by atoms with van der Waals surface area (Å²) in [6, 6.07) is 0.0597. The van der Waals surface area contributed by atoms with Crippen LogP contribution in [0.2, 0.25) is 0 Å². The molecule has 14 heavy (non-hydrogen) atoms. The Morgan fingerprint density at radius 2 is 2.43 bits per heavy atom. The Balaban J connectivity index is 2.12. The quantitative estimate of drug-likeness (QED) is 0.794. The number of nitrogens with zero attached hydrogens (tertiary/aromatic N) is 1. The molecule has 1 aromatic rings. The first-order valence-corrected chi connectivity index (χ1v) is 5.54. The van der Waals surface area contributed by atoms with Gasteiger partial charge in [-0.25, -0.2) is 9.78 Å². The van der Waals surface area contributed by atoms with Crippen LogP contribution >= 0.6 is 11.3 Å². The molecule has 0 bridgehead atoms. The molecule has 0 spiro atoms. The number of amides is 2. The van der Waals surface area contributed by atoms with E-state index >= 15 is 0 Å². The molecular formula is C9H15N3OS. The van der Waals surface area contributed by atoms with Gasteiger partial charge in [-0.05, 0) is 13.8 Å². The van der Waals surface area contributed by atoms with Gasteiger partial charge in [0, 0.05) is 24.4 Å². The van der Waals surface area contributed by atoms with Gasteiger partial charge in [0.2, 0.25) is 0 Å². The number of aromatic nitrogens is 1. The molecule has 0 saturated heterocycles. The molecule has 5 heteroatoms. The predicted molar refractivity (Wildman–Crippen MR) is 57.5 cm³/mol. The summed E-state index contributed by atoms with van der Waals surface area (Å²) in [5, 5.41) is 7.51. The van der Waals surface area contributed by atoms with Crippen LogP contribution in [0.25, 0.3) is 0 Å². The van der Waals surface area contributed by atoms with E-state index in [4.69, 9.17) is 0 Å². The first-order chi connectivity index (χ1) is 6.68. The molecule has 0 saturated carbocycles. The average Bonchev–Trinajstić information content (AvgIpc) is 2.55. The molecule has 2 amide bonds. The van der Waals surface area contributed by atoms with Gasteiger partial charge in [-0.15, -0.1) is 11.3 Å². The summed E-state index contributed by atoms with van der Waals surface area (Å²) in [6.07, 6.45) is 0.787. The maximum Gasteiger partial charge on any atom is 0.314 e. The molecule has 4 nitrogen and oxygen atoms in total. The van der Waals surface area contributed by atoms with E-state index in [0.29, 0.717) is 6.54 Å². The topological polar surface area (TPSA) is 54.0 Å². The van der Waals surface area contributed by atoms with Crippen molar-refractivity contribution in [3.05, 3.63) is 16.6 Å². The van der Waals surface area contributed by atoms with Gasteiger partial charge < -0.3 is 10.6 Å². The Morgan fingerprint density at radius 3 is 3.00 bits per heavy atom. The summed E-state index contributed by atoms with van der Waals surface area (Å²) < 4.78 is 0. The van der Waals surface area contributed by atoms with E-state index in [1.807, 2.05) is 19.2 Å². The van der Waals surface area contributed by atoms with Crippen molar-refractivity contribution >= 4 is 17.4 Å². The third-order valence-corrected chi connectivity index (χ3v) is 2.21. The molecule has 0 radical (unpaired) electrons. The van der Waals surface area contributed by atoms with Crippen LogP contribution in [0.15, 0.2) is 10.9 Å². The molecule has 1 aromatic heterocycles. The van der Waals surface area contributed by atoms with Crippen LogP contribution < -0.4 is 10.6 Å². The lowest BCUT2D eigenvalue weighted by molar-refractivity contribution is 0.238. The average molecular weight is 213 g/mol. The van der Waals surface area contributed by atoms with E-state index in [-0.39, 0.29) is 12.1 Å². The first-order valence-electron chi connectivity index (χ1n) is 4.60. The molecule has 1 heterocycles. The van der Waals surface area contributed by atoms with Gasteiger partial charge in [-0.3, -0.25) is 0 Å². The zero-order valence-corrected chi connectivity index (χ0v) is 9.23. The molecule has 0 atom stereocenters. The fourth-order valence-corrected chi connectivity index (χ4v) is 1.57. The van der Waals surface area contributed by atoms with E-state index in [1.54, 1.807) is 16.8 Å². The second kappa shape index (κ2) is 5.59. The zero-order valence-electron chi connectivity index (χ0n) is 8.41. The monoisotopic (exact) mass is 213 g/mol. The highest BCUT2D eigenvalue weighted by Gasteiger charge is 2.01. The molecule has 0 fully saturated rings. The summed E-state index contributed by atoms with van der Waals surface area (Å²) in [7, 11) is 0. The number of urea groups is 1. The highest BCUT2D eigenvalue weighted by molar-refractivity contribution is 7.07. The maximum atomic E-state index is 11.1. The van der Waals surface area contributed by atoms with E-state index in [2.05, 4.69) is 15.6 Å². The van der Waals surface area contributed by atoms with Crippen molar-refractivity contribution in [1.29, 1.82) is 0 Å². The fraction of sp³-hybridized carbons (Fsp3) is 0.556. The number of carbonyl (C=O) groups is 1. The van der Waals surface area contributed by atoms with Crippen molar-refractivity contribution in [3.8, 4) is 0 Å². The van der Waals surface area contributed by atoms with E-state index in [0.717, 1.165) is 12.1 Å². The Kier molecular flexibility index (Phi) is 4.39. The van der Waals surface area contributed by atoms with Gasteiger partial charge in [-0.2, -0.15) is 0 Å². The number of carbonyl (C=O) groups excluding carboxylic acids is 1. The number of hydrogen-bond donors (Lipinski definition) is 2. The lowest BCUT2D eigenvalue weighted by atomic mass is 10.3. The van der Waals surface area contributed by atoms with E-state index in [9.17, 15) is 4.79 Å². The van der Waals surface area contributed by atoms with Crippen molar-refractivity contribution in [2.24, 2.45) is 0 Å². The third-order valence-electron chi connectivity index (χ3n) is 1.57. The molecule has 0 aliphatic heterocycles. The molecule has 0 unspecified atom stereocenters. The number of thiazole rings is 1. The molecule has 2 N–H and O–H groups in total. The van der Waals surface area contributed by atoms with Gasteiger partial charge in [0.1, 0.15) is 0 Å². The minimum absolute atomic E-state index is 0.116. The second-order valence-electron chi connectivity index (χ2n) is 3.28. The Labute approximate surface area is 87.7 Å². The maximum absolute atomic E-state index is 11.1. The highest BCUT2D eigenvalue weighted by atomic mass is 32.1. The Hall–Kier alpha value is -1.10. The SMILES string of the molecule is CC(C)NC(=O)NCCc1cscn1. The van der Waals surface area contributed by atoms with Gasteiger partial charge in [0.25, 0.3) is 0 Å². The minimum Gasteiger partial charge on any atom is -0.338 e. The van der Waals surface area contributed by atoms with Crippen molar-refractivity contribution in [2.45, 2.75) is 26.3 Å². The lowest BCUT2D eigenvalue weighted by Crippen LogP contribution is -2.40. The Bertz CT molecular complexity index is 272. The zero-order chi connectivity index (χ0) is 10.4. The van der Waals surface area contributed by atoms with Crippen LogP contribution in [0.5, 0.6) is 0 Å². The van der Waals surface area contributed by atoms with Gasteiger partial charge >= 0.3 is 6.03 Å². The van der Waals surface area contributed by atoms with Gasteiger partial charge in [0.15, 0.2) is 0 Å².